The first-order valence-corrected chi connectivity index (χ1v) is 10.2. The van der Waals surface area contributed by atoms with Crippen molar-refractivity contribution in [3.05, 3.63) is 66.2 Å². The quantitative estimate of drug-likeness (QED) is 0.445. The van der Waals surface area contributed by atoms with Crippen molar-refractivity contribution in [3.8, 4) is 21.1 Å². The third-order valence-corrected chi connectivity index (χ3v) is 5.74. The Balaban J connectivity index is 1.51. The Morgan fingerprint density at radius 2 is 1.70 bits per heavy atom. The van der Waals surface area contributed by atoms with E-state index in [1.807, 2.05) is 18.2 Å². The summed E-state index contributed by atoms with van der Waals surface area (Å²) in [5.74, 6) is 1.64. The maximum Gasteiger partial charge on any atom is 0.148 e. The van der Waals surface area contributed by atoms with Crippen molar-refractivity contribution >= 4 is 22.4 Å². The molecule has 0 aliphatic heterocycles. The molecule has 4 rings (SSSR count). The molecular formula is C23H25N3S. The molecule has 0 aliphatic carbocycles. The topological polar surface area (TPSA) is 31.9 Å². The van der Waals surface area contributed by atoms with Crippen LogP contribution in [0.1, 0.15) is 19.4 Å². The SMILES string of the molecule is CC(C)CN(C)Cc1ccc(-c2ccc(-c3nc4ccccc4[nH]3)s2)cc1. The lowest BCUT2D eigenvalue weighted by molar-refractivity contribution is 0.288. The van der Waals surface area contributed by atoms with Gasteiger partial charge in [0.2, 0.25) is 0 Å². The van der Waals surface area contributed by atoms with Crippen LogP contribution < -0.4 is 0 Å². The number of para-hydroxylation sites is 2. The zero-order chi connectivity index (χ0) is 18.8. The third-order valence-electron chi connectivity index (χ3n) is 4.60. The first-order chi connectivity index (χ1) is 13.1. The molecule has 3 nitrogen and oxygen atoms in total. The molecule has 2 aromatic carbocycles. The predicted octanol–water partition coefficient (Wildman–Crippen LogP) is 6.05. The first kappa shape index (κ1) is 18.0. The lowest BCUT2D eigenvalue weighted by atomic mass is 10.1. The molecule has 0 atom stereocenters. The minimum Gasteiger partial charge on any atom is -0.337 e. The Kier molecular flexibility index (Phi) is 5.10. The van der Waals surface area contributed by atoms with Crippen molar-refractivity contribution in [3.63, 3.8) is 0 Å². The number of H-pyrrole nitrogens is 1. The number of nitrogens with one attached hydrogen (secondary N) is 1. The van der Waals surface area contributed by atoms with Crippen LogP contribution in [0.15, 0.2) is 60.7 Å². The van der Waals surface area contributed by atoms with Gasteiger partial charge < -0.3 is 9.88 Å². The van der Waals surface area contributed by atoms with Crippen LogP contribution in [-0.2, 0) is 6.54 Å². The van der Waals surface area contributed by atoms with Gasteiger partial charge in [-0.2, -0.15) is 0 Å². The number of fused-ring (bicyclic) bond motifs is 1. The molecule has 4 heteroatoms. The molecule has 138 valence electrons. The number of rotatable bonds is 6. The second-order valence-electron chi connectivity index (χ2n) is 7.55. The molecule has 0 saturated heterocycles. The standard InChI is InChI=1S/C23H25N3S/c1-16(2)14-26(3)15-17-8-10-18(11-9-17)21-12-13-22(27-21)23-24-19-6-4-5-7-20(19)25-23/h4-13,16H,14-15H2,1-3H3,(H,24,25). The second-order valence-corrected chi connectivity index (χ2v) is 8.64. The van der Waals surface area contributed by atoms with Gasteiger partial charge in [-0.25, -0.2) is 4.98 Å². The highest BCUT2D eigenvalue weighted by Crippen LogP contribution is 2.34. The summed E-state index contributed by atoms with van der Waals surface area (Å²) in [5, 5.41) is 0. The molecule has 2 aromatic heterocycles. The monoisotopic (exact) mass is 375 g/mol. The van der Waals surface area contributed by atoms with Crippen molar-refractivity contribution in [2.24, 2.45) is 5.92 Å². The minimum absolute atomic E-state index is 0.692. The number of aromatic nitrogens is 2. The van der Waals surface area contributed by atoms with E-state index in [4.69, 9.17) is 4.98 Å². The highest BCUT2D eigenvalue weighted by molar-refractivity contribution is 7.18. The number of hydrogen-bond acceptors (Lipinski definition) is 3. The second kappa shape index (κ2) is 7.67. The maximum absolute atomic E-state index is 4.71. The summed E-state index contributed by atoms with van der Waals surface area (Å²) in [5.41, 5.74) is 4.71. The van der Waals surface area contributed by atoms with Gasteiger partial charge in [-0.05, 0) is 48.4 Å². The fourth-order valence-corrected chi connectivity index (χ4v) is 4.42. The predicted molar refractivity (Wildman–Crippen MR) is 116 cm³/mol. The van der Waals surface area contributed by atoms with Gasteiger partial charge in [0, 0.05) is 18.0 Å². The number of nitrogens with zero attached hydrogens (tertiary/aromatic N) is 2. The van der Waals surface area contributed by atoms with E-state index in [9.17, 15) is 0 Å². The van der Waals surface area contributed by atoms with E-state index in [0.717, 1.165) is 29.9 Å². The van der Waals surface area contributed by atoms with Crippen molar-refractivity contribution in [2.45, 2.75) is 20.4 Å². The van der Waals surface area contributed by atoms with Crippen LogP contribution >= 0.6 is 11.3 Å². The van der Waals surface area contributed by atoms with Gasteiger partial charge in [-0.15, -0.1) is 11.3 Å². The number of imidazole rings is 1. The summed E-state index contributed by atoms with van der Waals surface area (Å²) in [6.07, 6.45) is 0. The molecule has 0 amide bonds. The fraction of sp³-hybridized carbons (Fsp3) is 0.261. The molecule has 0 radical (unpaired) electrons. The molecule has 1 N–H and O–H groups in total. The summed E-state index contributed by atoms with van der Waals surface area (Å²) in [7, 11) is 2.19. The Morgan fingerprint density at radius 1 is 0.963 bits per heavy atom. The average molecular weight is 376 g/mol. The van der Waals surface area contributed by atoms with E-state index < -0.39 is 0 Å². The molecule has 0 bridgehead atoms. The Morgan fingerprint density at radius 3 is 2.44 bits per heavy atom. The summed E-state index contributed by atoms with van der Waals surface area (Å²) >= 11 is 1.78. The fourth-order valence-electron chi connectivity index (χ4n) is 3.46. The van der Waals surface area contributed by atoms with Crippen molar-refractivity contribution < 1.29 is 0 Å². The highest BCUT2D eigenvalue weighted by Gasteiger charge is 2.10. The van der Waals surface area contributed by atoms with E-state index in [2.05, 4.69) is 73.2 Å². The average Bonchev–Trinajstić information content (AvgIpc) is 3.28. The van der Waals surface area contributed by atoms with Crippen LogP contribution in [0, 0.1) is 5.92 Å². The molecular weight excluding hydrogens is 350 g/mol. The van der Waals surface area contributed by atoms with Gasteiger partial charge >= 0.3 is 0 Å². The van der Waals surface area contributed by atoms with Gasteiger partial charge in [-0.3, -0.25) is 0 Å². The normalized spacial score (nSPS) is 11.7. The van der Waals surface area contributed by atoms with Gasteiger partial charge in [0.1, 0.15) is 5.82 Å². The van der Waals surface area contributed by atoms with Crippen LogP contribution in [-0.4, -0.2) is 28.5 Å². The third kappa shape index (κ3) is 4.12. The number of hydrogen-bond donors (Lipinski definition) is 1. The molecule has 0 aliphatic rings. The van der Waals surface area contributed by atoms with E-state index in [1.54, 1.807) is 11.3 Å². The smallest absolute Gasteiger partial charge is 0.148 e. The zero-order valence-electron chi connectivity index (χ0n) is 16.1. The minimum atomic E-state index is 0.692. The van der Waals surface area contributed by atoms with E-state index in [0.29, 0.717) is 5.92 Å². The van der Waals surface area contributed by atoms with Gasteiger partial charge in [0.15, 0.2) is 0 Å². The lowest BCUT2D eigenvalue weighted by Gasteiger charge is -2.19. The molecule has 0 spiro atoms. The van der Waals surface area contributed by atoms with Crippen LogP contribution in [0.2, 0.25) is 0 Å². The van der Waals surface area contributed by atoms with Crippen molar-refractivity contribution in [1.82, 2.24) is 14.9 Å². The summed E-state index contributed by atoms with van der Waals surface area (Å²) < 4.78 is 0. The Labute approximate surface area is 164 Å². The largest absolute Gasteiger partial charge is 0.337 e. The molecule has 27 heavy (non-hydrogen) atoms. The van der Waals surface area contributed by atoms with Crippen LogP contribution in [0.5, 0.6) is 0 Å². The maximum atomic E-state index is 4.71. The van der Waals surface area contributed by atoms with E-state index in [1.165, 1.54) is 20.9 Å². The lowest BCUT2D eigenvalue weighted by Crippen LogP contribution is -2.22. The summed E-state index contributed by atoms with van der Waals surface area (Å²) in [6.45, 7) is 6.63. The van der Waals surface area contributed by atoms with Gasteiger partial charge in [-0.1, -0.05) is 50.2 Å². The molecule has 2 heterocycles. The van der Waals surface area contributed by atoms with Crippen LogP contribution in [0.4, 0.5) is 0 Å². The van der Waals surface area contributed by atoms with Crippen molar-refractivity contribution in [1.29, 1.82) is 0 Å². The van der Waals surface area contributed by atoms with E-state index in [-0.39, 0.29) is 0 Å². The molecule has 4 aromatic rings. The Hall–Kier alpha value is -2.43. The van der Waals surface area contributed by atoms with Crippen LogP contribution in [0.25, 0.3) is 32.2 Å². The molecule has 0 saturated carbocycles. The summed E-state index contributed by atoms with van der Waals surface area (Å²) in [6, 6.07) is 21.4. The summed E-state index contributed by atoms with van der Waals surface area (Å²) in [4.78, 5) is 12.9. The number of thiophene rings is 1. The number of benzene rings is 2. The Bertz CT molecular complexity index is 994. The molecule has 0 fully saturated rings. The highest BCUT2D eigenvalue weighted by atomic mass is 32.1. The van der Waals surface area contributed by atoms with E-state index >= 15 is 0 Å². The van der Waals surface area contributed by atoms with Gasteiger partial charge in [0.25, 0.3) is 0 Å². The molecule has 0 unspecified atom stereocenters. The zero-order valence-corrected chi connectivity index (χ0v) is 16.9. The van der Waals surface area contributed by atoms with Crippen molar-refractivity contribution in [2.75, 3.05) is 13.6 Å². The number of aromatic amines is 1. The van der Waals surface area contributed by atoms with Crippen LogP contribution in [0.3, 0.4) is 0 Å². The first-order valence-electron chi connectivity index (χ1n) is 9.41. The van der Waals surface area contributed by atoms with Gasteiger partial charge in [0.05, 0.1) is 15.9 Å².